The monoisotopic (exact) mass is 336 g/mol. The fourth-order valence-electron chi connectivity index (χ4n) is 2.90. The molecule has 1 amide bonds. The lowest BCUT2D eigenvalue weighted by Crippen LogP contribution is -2.15. The van der Waals surface area contributed by atoms with Gasteiger partial charge in [-0.3, -0.25) is 4.79 Å². The zero-order valence-corrected chi connectivity index (χ0v) is 13.7. The Morgan fingerprint density at radius 2 is 1.92 bits per heavy atom. The fraction of sp³-hybridized carbons (Fsp3) is 0.211. The molecule has 1 unspecified atom stereocenters. The number of amides is 1. The number of hydrogen-bond acceptors (Lipinski definition) is 4. The Hall–Kier alpha value is -3.02. The maximum absolute atomic E-state index is 13.1. The SMILES string of the molecule is CNc1ncc(-c2ccccc2)c2cc(NC(=O)[C@H]3CC3F)ncc12. The van der Waals surface area contributed by atoms with Crippen LogP contribution in [0.4, 0.5) is 16.0 Å². The molecule has 25 heavy (non-hydrogen) atoms. The first-order valence-corrected chi connectivity index (χ1v) is 8.14. The average molecular weight is 336 g/mol. The van der Waals surface area contributed by atoms with Gasteiger partial charge in [-0.2, -0.15) is 0 Å². The van der Waals surface area contributed by atoms with Crippen molar-refractivity contribution in [2.24, 2.45) is 5.92 Å². The predicted octanol–water partition coefficient (Wildman–Crippen LogP) is 3.64. The van der Waals surface area contributed by atoms with Crippen molar-refractivity contribution in [1.82, 2.24) is 9.97 Å². The van der Waals surface area contributed by atoms with E-state index in [1.807, 2.05) is 36.4 Å². The standard InChI is InChI=1S/C19H17FN4O/c1-21-18-15-10-22-17(24-19(25)13-7-16(13)20)8-12(15)14(9-23-18)11-5-3-2-4-6-11/h2-6,8-10,13,16H,7H2,1H3,(H,21,23)(H,22,24,25)/t13-,16?/m0/s1. The molecule has 2 atom stereocenters. The van der Waals surface area contributed by atoms with E-state index in [0.29, 0.717) is 18.1 Å². The second kappa shape index (κ2) is 6.12. The van der Waals surface area contributed by atoms with E-state index >= 15 is 0 Å². The summed E-state index contributed by atoms with van der Waals surface area (Å²) in [7, 11) is 1.80. The molecule has 2 aromatic heterocycles. The molecule has 1 aliphatic rings. The Balaban J connectivity index is 1.79. The van der Waals surface area contributed by atoms with Crippen LogP contribution in [0.1, 0.15) is 6.42 Å². The zero-order valence-electron chi connectivity index (χ0n) is 13.7. The van der Waals surface area contributed by atoms with E-state index in [2.05, 4.69) is 20.6 Å². The van der Waals surface area contributed by atoms with Gasteiger partial charge in [0.05, 0.1) is 5.92 Å². The van der Waals surface area contributed by atoms with Crippen LogP contribution in [-0.4, -0.2) is 29.1 Å². The van der Waals surface area contributed by atoms with Crippen LogP contribution in [0, 0.1) is 5.92 Å². The Morgan fingerprint density at radius 3 is 2.60 bits per heavy atom. The van der Waals surface area contributed by atoms with Crippen molar-refractivity contribution in [2.45, 2.75) is 12.6 Å². The Kier molecular flexibility index (Phi) is 3.80. The lowest BCUT2D eigenvalue weighted by atomic mass is 10.0. The highest BCUT2D eigenvalue weighted by Gasteiger charge is 2.43. The number of carbonyl (C=O) groups is 1. The molecule has 4 rings (SSSR count). The van der Waals surface area contributed by atoms with Gasteiger partial charge in [-0.15, -0.1) is 0 Å². The molecule has 1 saturated carbocycles. The number of pyridine rings is 2. The summed E-state index contributed by atoms with van der Waals surface area (Å²) in [6.07, 6.45) is 2.74. The van der Waals surface area contributed by atoms with Gasteiger partial charge in [0, 0.05) is 30.4 Å². The van der Waals surface area contributed by atoms with Crippen LogP contribution in [0.2, 0.25) is 0 Å². The summed E-state index contributed by atoms with van der Waals surface area (Å²) in [6, 6.07) is 11.7. The highest BCUT2D eigenvalue weighted by molar-refractivity contribution is 6.03. The van der Waals surface area contributed by atoms with E-state index in [0.717, 1.165) is 21.9 Å². The van der Waals surface area contributed by atoms with E-state index in [1.165, 1.54) is 0 Å². The van der Waals surface area contributed by atoms with Gasteiger partial charge in [0.1, 0.15) is 17.8 Å². The summed E-state index contributed by atoms with van der Waals surface area (Å²) in [6.45, 7) is 0. The molecular formula is C19H17FN4O. The van der Waals surface area contributed by atoms with Gasteiger partial charge in [0.15, 0.2) is 0 Å². The zero-order chi connectivity index (χ0) is 17.4. The second-order valence-electron chi connectivity index (χ2n) is 6.10. The minimum absolute atomic E-state index is 0.294. The molecule has 2 N–H and O–H groups in total. The molecule has 0 aliphatic heterocycles. The molecule has 1 fully saturated rings. The molecule has 2 heterocycles. The quantitative estimate of drug-likeness (QED) is 0.763. The molecule has 5 nitrogen and oxygen atoms in total. The number of fused-ring (bicyclic) bond motifs is 1. The molecule has 1 aliphatic carbocycles. The lowest BCUT2D eigenvalue weighted by molar-refractivity contribution is -0.117. The van der Waals surface area contributed by atoms with Gasteiger partial charge in [-0.25, -0.2) is 14.4 Å². The number of rotatable bonds is 4. The Bertz CT molecular complexity index is 945. The van der Waals surface area contributed by atoms with Crippen LogP contribution in [-0.2, 0) is 4.79 Å². The predicted molar refractivity (Wildman–Crippen MR) is 96.2 cm³/mol. The summed E-state index contributed by atoms with van der Waals surface area (Å²) < 4.78 is 13.1. The number of halogens is 1. The van der Waals surface area contributed by atoms with Crippen LogP contribution in [0.25, 0.3) is 21.9 Å². The third-order valence-corrected chi connectivity index (χ3v) is 4.39. The van der Waals surface area contributed by atoms with Gasteiger partial charge in [0.25, 0.3) is 0 Å². The van der Waals surface area contributed by atoms with Crippen molar-refractivity contribution >= 4 is 28.3 Å². The minimum Gasteiger partial charge on any atom is -0.373 e. The summed E-state index contributed by atoms with van der Waals surface area (Å²) in [5.74, 6) is 0.271. The average Bonchev–Trinajstić information content (AvgIpc) is 3.38. The molecule has 0 radical (unpaired) electrons. The molecule has 3 aromatic rings. The highest BCUT2D eigenvalue weighted by Crippen LogP contribution is 2.36. The maximum atomic E-state index is 13.1. The number of aromatic nitrogens is 2. The Labute approximate surface area is 144 Å². The van der Waals surface area contributed by atoms with Crippen molar-refractivity contribution in [1.29, 1.82) is 0 Å². The van der Waals surface area contributed by atoms with E-state index in [9.17, 15) is 9.18 Å². The topological polar surface area (TPSA) is 66.9 Å². The van der Waals surface area contributed by atoms with Crippen molar-refractivity contribution < 1.29 is 9.18 Å². The summed E-state index contributed by atoms with van der Waals surface area (Å²) in [5, 5.41) is 7.54. The molecule has 6 heteroatoms. The van der Waals surface area contributed by atoms with Gasteiger partial charge in [0.2, 0.25) is 5.91 Å². The molecule has 1 aromatic carbocycles. The third kappa shape index (κ3) is 2.91. The number of hydrogen-bond donors (Lipinski definition) is 2. The first-order chi connectivity index (χ1) is 12.2. The molecule has 126 valence electrons. The minimum atomic E-state index is -1.03. The largest absolute Gasteiger partial charge is 0.373 e. The molecule has 0 bridgehead atoms. The van der Waals surface area contributed by atoms with Gasteiger partial charge in [-0.1, -0.05) is 30.3 Å². The number of anilines is 2. The third-order valence-electron chi connectivity index (χ3n) is 4.39. The number of benzene rings is 1. The molecular weight excluding hydrogens is 319 g/mol. The van der Waals surface area contributed by atoms with E-state index in [-0.39, 0.29) is 5.91 Å². The van der Waals surface area contributed by atoms with E-state index < -0.39 is 12.1 Å². The van der Waals surface area contributed by atoms with Crippen LogP contribution in [0.15, 0.2) is 48.8 Å². The number of nitrogens with zero attached hydrogens (tertiary/aromatic N) is 2. The van der Waals surface area contributed by atoms with Crippen LogP contribution >= 0.6 is 0 Å². The van der Waals surface area contributed by atoms with Crippen molar-refractivity contribution in [3.05, 3.63) is 48.8 Å². The maximum Gasteiger partial charge on any atom is 0.231 e. The lowest BCUT2D eigenvalue weighted by Gasteiger charge is -2.12. The smallest absolute Gasteiger partial charge is 0.231 e. The van der Waals surface area contributed by atoms with E-state index in [1.54, 1.807) is 19.4 Å². The van der Waals surface area contributed by atoms with Gasteiger partial charge >= 0.3 is 0 Å². The number of alkyl halides is 1. The van der Waals surface area contributed by atoms with Crippen molar-refractivity contribution in [2.75, 3.05) is 17.7 Å². The van der Waals surface area contributed by atoms with Crippen LogP contribution in [0.3, 0.4) is 0 Å². The first-order valence-electron chi connectivity index (χ1n) is 8.14. The van der Waals surface area contributed by atoms with Crippen molar-refractivity contribution in [3.8, 4) is 11.1 Å². The second-order valence-corrected chi connectivity index (χ2v) is 6.10. The Morgan fingerprint density at radius 1 is 1.16 bits per heavy atom. The summed E-state index contributed by atoms with van der Waals surface area (Å²) in [4.78, 5) is 20.7. The highest BCUT2D eigenvalue weighted by atomic mass is 19.1. The number of carbonyl (C=O) groups excluding carboxylic acids is 1. The van der Waals surface area contributed by atoms with Gasteiger partial charge in [-0.05, 0) is 23.4 Å². The van der Waals surface area contributed by atoms with Crippen LogP contribution < -0.4 is 10.6 Å². The van der Waals surface area contributed by atoms with Crippen molar-refractivity contribution in [3.63, 3.8) is 0 Å². The summed E-state index contributed by atoms with van der Waals surface area (Å²) in [5.41, 5.74) is 1.97. The van der Waals surface area contributed by atoms with Crippen LogP contribution in [0.5, 0.6) is 0 Å². The molecule has 0 saturated heterocycles. The van der Waals surface area contributed by atoms with E-state index in [4.69, 9.17) is 0 Å². The number of nitrogens with one attached hydrogen (secondary N) is 2. The summed E-state index contributed by atoms with van der Waals surface area (Å²) >= 11 is 0. The normalized spacial score (nSPS) is 18.8. The fourth-order valence-corrected chi connectivity index (χ4v) is 2.90. The first kappa shape index (κ1) is 15.5. The van der Waals surface area contributed by atoms with Gasteiger partial charge < -0.3 is 10.6 Å². The molecule has 0 spiro atoms.